The Labute approximate surface area is 193 Å². The third kappa shape index (κ3) is 4.60. The first-order valence-electron chi connectivity index (χ1n) is 12.4. The smallest absolute Gasteiger partial charge is 0.127 e. The van der Waals surface area contributed by atoms with Crippen LogP contribution in [0.25, 0.3) is 0 Å². The number of fused-ring (bicyclic) bond motifs is 3. The van der Waals surface area contributed by atoms with Gasteiger partial charge in [-0.3, -0.25) is 4.68 Å². The van der Waals surface area contributed by atoms with Crippen molar-refractivity contribution in [1.29, 1.82) is 0 Å². The topological polar surface area (TPSA) is 47.3 Å². The van der Waals surface area contributed by atoms with E-state index < -0.39 is 0 Å². The third-order valence-electron chi connectivity index (χ3n) is 7.75. The van der Waals surface area contributed by atoms with Gasteiger partial charge in [0, 0.05) is 29.8 Å². The molecule has 2 heterocycles. The number of benzene rings is 1. The second-order valence-corrected chi connectivity index (χ2v) is 11.0. The van der Waals surface area contributed by atoms with Crippen molar-refractivity contribution < 1.29 is 9.84 Å². The van der Waals surface area contributed by atoms with Crippen LogP contribution in [-0.2, 0) is 12.0 Å². The lowest BCUT2D eigenvalue weighted by Gasteiger charge is -2.47. The molecule has 174 valence electrons. The Bertz CT molecular complexity index is 956. The molecule has 4 heteroatoms. The average Bonchev–Trinajstić information content (AvgIpc) is 3.23. The summed E-state index contributed by atoms with van der Waals surface area (Å²) in [5, 5.41) is 15.6. The van der Waals surface area contributed by atoms with E-state index in [9.17, 15) is 5.11 Å². The van der Waals surface area contributed by atoms with Crippen molar-refractivity contribution >= 4 is 0 Å². The zero-order chi connectivity index (χ0) is 22.9. The van der Waals surface area contributed by atoms with E-state index in [0.29, 0.717) is 11.7 Å². The SMILES string of the molecule is CCCCCCC(C)(C)c1cc(O)c2c(c1)OC(C)(C)[C@H]1CC=C(Cn3cccn3)C[C@H]21. The van der Waals surface area contributed by atoms with E-state index >= 15 is 0 Å². The summed E-state index contributed by atoms with van der Waals surface area (Å²) < 4.78 is 8.57. The van der Waals surface area contributed by atoms with Crippen molar-refractivity contribution in [3.05, 3.63) is 53.4 Å². The molecule has 1 aliphatic heterocycles. The minimum atomic E-state index is -0.262. The van der Waals surface area contributed by atoms with Crippen LogP contribution in [-0.4, -0.2) is 20.5 Å². The number of hydrogen-bond donors (Lipinski definition) is 1. The number of allylic oxidation sites excluding steroid dienone is 2. The summed E-state index contributed by atoms with van der Waals surface area (Å²) in [6.07, 6.45) is 14.3. The first-order valence-corrected chi connectivity index (χ1v) is 12.4. The molecule has 0 radical (unpaired) electrons. The zero-order valence-corrected chi connectivity index (χ0v) is 20.5. The Kier molecular flexibility index (Phi) is 6.42. The van der Waals surface area contributed by atoms with Crippen LogP contribution in [0.15, 0.2) is 42.2 Å². The van der Waals surface area contributed by atoms with Crippen LogP contribution in [0.5, 0.6) is 11.5 Å². The predicted molar refractivity (Wildman–Crippen MR) is 130 cm³/mol. The summed E-state index contributed by atoms with van der Waals surface area (Å²) in [7, 11) is 0. The van der Waals surface area contributed by atoms with Gasteiger partial charge in [0.1, 0.15) is 17.1 Å². The Morgan fingerprint density at radius 2 is 2.03 bits per heavy atom. The highest BCUT2D eigenvalue weighted by atomic mass is 16.5. The molecule has 0 saturated carbocycles. The fraction of sp³-hybridized carbons (Fsp3) is 0.607. The highest BCUT2D eigenvalue weighted by molar-refractivity contribution is 5.54. The number of aromatic hydroxyl groups is 1. The number of ether oxygens (including phenoxy) is 1. The molecular weight excluding hydrogens is 396 g/mol. The summed E-state index contributed by atoms with van der Waals surface area (Å²) in [4.78, 5) is 0. The Morgan fingerprint density at radius 1 is 1.22 bits per heavy atom. The molecule has 32 heavy (non-hydrogen) atoms. The summed E-state index contributed by atoms with van der Waals surface area (Å²) in [5.41, 5.74) is 3.33. The van der Waals surface area contributed by atoms with Crippen LogP contribution >= 0.6 is 0 Å². The maximum absolute atomic E-state index is 11.2. The minimum Gasteiger partial charge on any atom is -0.508 e. The zero-order valence-electron chi connectivity index (χ0n) is 20.5. The summed E-state index contributed by atoms with van der Waals surface area (Å²) >= 11 is 0. The van der Waals surface area contributed by atoms with Crippen LogP contribution < -0.4 is 4.74 Å². The predicted octanol–water partition coefficient (Wildman–Crippen LogP) is 7.13. The van der Waals surface area contributed by atoms with Crippen LogP contribution in [0.1, 0.15) is 96.6 Å². The number of unbranched alkanes of at least 4 members (excludes halogenated alkanes) is 3. The molecule has 0 spiro atoms. The molecule has 0 amide bonds. The van der Waals surface area contributed by atoms with Gasteiger partial charge in [-0.25, -0.2) is 0 Å². The molecule has 1 aromatic carbocycles. The first kappa shape index (κ1) is 22.9. The molecule has 1 N–H and O–H groups in total. The molecule has 0 saturated heterocycles. The van der Waals surface area contributed by atoms with E-state index in [-0.39, 0.29) is 16.9 Å². The highest BCUT2D eigenvalue weighted by Gasteiger charge is 2.46. The van der Waals surface area contributed by atoms with Crippen LogP contribution in [0.2, 0.25) is 0 Å². The van der Waals surface area contributed by atoms with Crippen molar-refractivity contribution in [2.45, 2.75) is 103 Å². The molecule has 2 atom stereocenters. The molecule has 1 aliphatic carbocycles. The Hall–Kier alpha value is -2.23. The van der Waals surface area contributed by atoms with Gasteiger partial charge in [0.05, 0.1) is 6.54 Å². The summed E-state index contributed by atoms with van der Waals surface area (Å²) in [5.74, 6) is 1.92. The molecule has 0 unspecified atom stereocenters. The second kappa shape index (κ2) is 8.96. The maximum atomic E-state index is 11.2. The van der Waals surface area contributed by atoms with Crippen molar-refractivity contribution in [2.24, 2.45) is 5.92 Å². The summed E-state index contributed by atoms with van der Waals surface area (Å²) in [6, 6.07) is 6.21. The minimum absolute atomic E-state index is 0.0162. The molecule has 2 aromatic rings. The van der Waals surface area contributed by atoms with Crippen LogP contribution in [0.4, 0.5) is 0 Å². The lowest BCUT2D eigenvalue weighted by molar-refractivity contribution is 0.00704. The van der Waals surface area contributed by atoms with Crippen molar-refractivity contribution in [2.75, 3.05) is 0 Å². The van der Waals surface area contributed by atoms with Gasteiger partial charge < -0.3 is 9.84 Å². The molecular formula is C28H40N2O2. The van der Waals surface area contributed by atoms with E-state index in [1.807, 2.05) is 29.2 Å². The normalized spacial score (nSPS) is 22.0. The Morgan fingerprint density at radius 3 is 2.75 bits per heavy atom. The number of phenols is 1. The van der Waals surface area contributed by atoms with Crippen molar-refractivity contribution in [1.82, 2.24) is 9.78 Å². The van der Waals surface area contributed by atoms with Gasteiger partial charge in [-0.05, 0) is 62.3 Å². The number of phenolic OH excluding ortho intramolecular Hbond substituents is 1. The van der Waals surface area contributed by atoms with Gasteiger partial charge in [-0.1, -0.05) is 58.1 Å². The van der Waals surface area contributed by atoms with E-state index in [0.717, 1.165) is 37.1 Å². The van der Waals surface area contributed by atoms with Crippen LogP contribution in [0, 0.1) is 5.92 Å². The third-order valence-corrected chi connectivity index (χ3v) is 7.75. The van der Waals surface area contributed by atoms with Gasteiger partial charge in [0.15, 0.2) is 0 Å². The van der Waals surface area contributed by atoms with Crippen molar-refractivity contribution in [3.8, 4) is 11.5 Å². The average molecular weight is 437 g/mol. The number of nitrogens with zero attached hydrogens (tertiary/aromatic N) is 2. The van der Waals surface area contributed by atoms with Gasteiger partial charge in [0.25, 0.3) is 0 Å². The number of hydrogen-bond acceptors (Lipinski definition) is 3. The molecule has 0 fully saturated rings. The van der Waals surface area contributed by atoms with Gasteiger partial charge in [-0.2, -0.15) is 5.10 Å². The van der Waals surface area contributed by atoms with E-state index in [1.165, 1.54) is 36.8 Å². The number of rotatable bonds is 8. The van der Waals surface area contributed by atoms with Gasteiger partial charge in [-0.15, -0.1) is 0 Å². The largest absolute Gasteiger partial charge is 0.508 e. The second-order valence-electron chi connectivity index (χ2n) is 11.0. The fourth-order valence-electron chi connectivity index (χ4n) is 5.73. The van der Waals surface area contributed by atoms with Gasteiger partial charge in [0.2, 0.25) is 0 Å². The van der Waals surface area contributed by atoms with E-state index in [2.05, 4.69) is 51.9 Å². The molecule has 4 nitrogen and oxygen atoms in total. The molecule has 1 aromatic heterocycles. The number of aromatic nitrogens is 2. The van der Waals surface area contributed by atoms with E-state index in [4.69, 9.17) is 4.74 Å². The summed E-state index contributed by atoms with van der Waals surface area (Å²) in [6.45, 7) is 12.1. The maximum Gasteiger partial charge on any atom is 0.127 e. The molecule has 2 aliphatic rings. The lowest BCUT2D eigenvalue weighted by Crippen LogP contribution is -2.45. The quantitative estimate of drug-likeness (QED) is 0.354. The highest BCUT2D eigenvalue weighted by Crippen LogP contribution is 2.55. The van der Waals surface area contributed by atoms with Gasteiger partial charge >= 0.3 is 0 Å². The van der Waals surface area contributed by atoms with Crippen LogP contribution in [0.3, 0.4) is 0 Å². The molecule has 0 bridgehead atoms. The molecule has 4 rings (SSSR count). The fourth-order valence-corrected chi connectivity index (χ4v) is 5.73. The monoisotopic (exact) mass is 436 g/mol. The van der Waals surface area contributed by atoms with E-state index in [1.54, 1.807) is 0 Å². The Balaban J connectivity index is 1.62. The first-order chi connectivity index (χ1) is 15.2. The van der Waals surface area contributed by atoms with Crippen molar-refractivity contribution in [3.63, 3.8) is 0 Å². The standard InChI is InChI=1S/C28H40N2O2/c1-6-7-8-9-13-27(2,3)21-17-24(31)26-22-16-20(19-30-15-10-14-29-30)11-12-23(22)28(4,5)32-25(26)18-21/h10-11,14-15,17-18,22-23,31H,6-9,12-13,16,19H2,1-5H3/t22-,23-/m0/s1. The lowest BCUT2D eigenvalue weighted by atomic mass is 9.66.